The van der Waals surface area contributed by atoms with Crippen LogP contribution in [-0.4, -0.2) is 20.7 Å². The Kier molecular flexibility index (Phi) is 3.05. The first-order valence-corrected chi connectivity index (χ1v) is 6.86. The number of carbonyl (C=O) groups excluding carboxylic acids is 1. The number of hydrogen-bond donors (Lipinski definition) is 0. The second-order valence-electron chi connectivity index (χ2n) is 3.83. The molecule has 0 aliphatic heterocycles. The van der Waals surface area contributed by atoms with Crippen LogP contribution in [-0.2, 0) is 4.79 Å². The van der Waals surface area contributed by atoms with Gasteiger partial charge in [0.05, 0.1) is 0 Å². The molecule has 74 valence electrons. The first-order valence-electron chi connectivity index (χ1n) is 5.02. The Balaban J connectivity index is 2.07. The van der Waals surface area contributed by atoms with Crippen LogP contribution in [0.15, 0.2) is 30.3 Å². The fourth-order valence-electron chi connectivity index (χ4n) is 1.81. The van der Waals surface area contributed by atoms with Gasteiger partial charge in [0.25, 0.3) is 0 Å². The first kappa shape index (κ1) is 9.95. The van der Waals surface area contributed by atoms with E-state index in [-0.39, 0.29) is 0 Å². The molecule has 2 heteroatoms. The van der Waals surface area contributed by atoms with Crippen LogP contribution in [0.25, 0.3) is 0 Å². The predicted octanol–water partition coefficient (Wildman–Crippen LogP) is 1.80. The third-order valence-electron chi connectivity index (χ3n) is 2.69. The van der Waals surface area contributed by atoms with Gasteiger partial charge < -0.3 is 0 Å². The Bertz CT molecular complexity index is 320. The molecule has 0 unspecified atom stereocenters. The molecular weight excluding hydrogens is 239 g/mol. The second-order valence-corrected chi connectivity index (χ2v) is 6.38. The molecule has 1 aromatic carbocycles. The SMILES string of the molecule is C[C@@H]1CCC(=O)[C@@H]1[Se]c1ccccc1. The van der Waals surface area contributed by atoms with Crippen molar-refractivity contribution < 1.29 is 4.79 Å². The summed E-state index contributed by atoms with van der Waals surface area (Å²) in [5.41, 5.74) is 0. The van der Waals surface area contributed by atoms with Crippen LogP contribution in [0.5, 0.6) is 0 Å². The van der Waals surface area contributed by atoms with E-state index in [0.29, 0.717) is 31.5 Å². The summed E-state index contributed by atoms with van der Waals surface area (Å²) in [7, 11) is 0. The molecule has 2 rings (SSSR count). The number of ketones is 1. The number of Topliss-reactive ketones (excluding diaryl/α,β-unsaturated/α-hetero) is 1. The maximum absolute atomic E-state index is 11.6. The molecule has 1 aromatic rings. The predicted molar refractivity (Wildman–Crippen MR) is 59.0 cm³/mol. The summed E-state index contributed by atoms with van der Waals surface area (Å²) in [5, 5.41) is 0. The molecule has 1 fully saturated rings. The van der Waals surface area contributed by atoms with Gasteiger partial charge >= 0.3 is 90.8 Å². The third kappa shape index (κ3) is 2.07. The molecule has 14 heavy (non-hydrogen) atoms. The Labute approximate surface area is 91.1 Å². The van der Waals surface area contributed by atoms with E-state index in [4.69, 9.17) is 0 Å². The number of benzene rings is 1. The van der Waals surface area contributed by atoms with Crippen molar-refractivity contribution in [1.29, 1.82) is 0 Å². The monoisotopic (exact) mass is 254 g/mol. The molecule has 0 bridgehead atoms. The van der Waals surface area contributed by atoms with Gasteiger partial charge in [-0.2, -0.15) is 0 Å². The van der Waals surface area contributed by atoms with Crippen LogP contribution in [0.2, 0.25) is 4.82 Å². The standard InChI is InChI=1S/C12H14OSe/c1-9-7-8-11(13)12(9)14-10-5-3-2-4-6-10/h2-6,9,12H,7-8H2,1H3/t9-,12-/m1/s1. The third-order valence-corrected chi connectivity index (χ3v) is 5.89. The summed E-state index contributed by atoms with van der Waals surface area (Å²) in [6.45, 7) is 2.21. The van der Waals surface area contributed by atoms with Crippen LogP contribution in [0.4, 0.5) is 0 Å². The molecule has 1 saturated carbocycles. The van der Waals surface area contributed by atoms with Gasteiger partial charge in [0.15, 0.2) is 0 Å². The van der Waals surface area contributed by atoms with E-state index in [2.05, 4.69) is 31.2 Å². The summed E-state index contributed by atoms with van der Waals surface area (Å²) < 4.78 is 1.35. The van der Waals surface area contributed by atoms with E-state index < -0.39 is 0 Å². The molecule has 0 heterocycles. The van der Waals surface area contributed by atoms with Crippen molar-refractivity contribution in [3.63, 3.8) is 0 Å². The minimum absolute atomic E-state index is 0.338. The maximum atomic E-state index is 11.6. The van der Waals surface area contributed by atoms with Gasteiger partial charge in [-0.3, -0.25) is 0 Å². The minimum atomic E-state index is 0.338. The first-order chi connectivity index (χ1) is 6.77. The summed E-state index contributed by atoms with van der Waals surface area (Å²) in [5.74, 6) is 1.09. The van der Waals surface area contributed by atoms with Crippen LogP contribution in [0.3, 0.4) is 0 Å². The Morgan fingerprint density at radius 1 is 1.29 bits per heavy atom. The molecule has 0 amide bonds. The van der Waals surface area contributed by atoms with Crippen molar-refractivity contribution in [1.82, 2.24) is 0 Å². The van der Waals surface area contributed by atoms with E-state index in [9.17, 15) is 4.79 Å². The fraction of sp³-hybridized carbons (Fsp3) is 0.417. The van der Waals surface area contributed by atoms with E-state index in [1.807, 2.05) is 6.07 Å². The summed E-state index contributed by atoms with van der Waals surface area (Å²) in [6, 6.07) is 10.4. The molecule has 0 radical (unpaired) electrons. The molecule has 2 atom stereocenters. The number of hydrogen-bond acceptors (Lipinski definition) is 1. The molecule has 1 aliphatic carbocycles. The van der Waals surface area contributed by atoms with Gasteiger partial charge in [-0.25, -0.2) is 0 Å². The van der Waals surface area contributed by atoms with E-state index >= 15 is 0 Å². The van der Waals surface area contributed by atoms with Crippen molar-refractivity contribution in [3.8, 4) is 0 Å². The molecule has 0 N–H and O–H groups in total. The van der Waals surface area contributed by atoms with Crippen molar-refractivity contribution in [2.45, 2.75) is 24.6 Å². The number of carbonyl (C=O) groups is 1. The molecule has 1 nitrogen and oxygen atoms in total. The topological polar surface area (TPSA) is 17.1 Å². The van der Waals surface area contributed by atoms with Gasteiger partial charge in [0, 0.05) is 0 Å². The van der Waals surface area contributed by atoms with Crippen LogP contribution in [0, 0.1) is 5.92 Å². The van der Waals surface area contributed by atoms with Crippen LogP contribution in [0.1, 0.15) is 19.8 Å². The van der Waals surface area contributed by atoms with Gasteiger partial charge in [0.2, 0.25) is 0 Å². The van der Waals surface area contributed by atoms with Gasteiger partial charge in [-0.1, -0.05) is 0 Å². The normalized spacial score (nSPS) is 26.8. The Hall–Kier alpha value is -0.591. The summed E-state index contributed by atoms with van der Waals surface area (Å²) in [4.78, 5) is 11.9. The zero-order chi connectivity index (χ0) is 9.97. The Morgan fingerprint density at radius 2 is 2.00 bits per heavy atom. The van der Waals surface area contributed by atoms with Crippen LogP contribution >= 0.6 is 0 Å². The van der Waals surface area contributed by atoms with E-state index in [0.717, 1.165) is 12.8 Å². The molecular formula is C12H14OSe. The van der Waals surface area contributed by atoms with Gasteiger partial charge in [-0.05, 0) is 0 Å². The van der Waals surface area contributed by atoms with Crippen molar-refractivity contribution in [3.05, 3.63) is 30.3 Å². The zero-order valence-electron chi connectivity index (χ0n) is 8.27. The fourth-order valence-corrected chi connectivity index (χ4v) is 4.38. The van der Waals surface area contributed by atoms with Crippen LogP contribution < -0.4 is 4.46 Å². The van der Waals surface area contributed by atoms with Crippen molar-refractivity contribution >= 4 is 25.2 Å². The van der Waals surface area contributed by atoms with Crippen molar-refractivity contribution in [2.24, 2.45) is 5.92 Å². The van der Waals surface area contributed by atoms with E-state index in [1.165, 1.54) is 4.46 Å². The molecule has 0 spiro atoms. The summed E-state index contributed by atoms with van der Waals surface area (Å²) >= 11 is 0.342. The molecule has 1 aliphatic rings. The van der Waals surface area contributed by atoms with Crippen molar-refractivity contribution in [2.75, 3.05) is 0 Å². The average Bonchev–Trinajstić information content (AvgIpc) is 2.51. The molecule has 0 saturated heterocycles. The average molecular weight is 253 g/mol. The molecule has 0 aromatic heterocycles. The van der Waals surface area contributed by atoms with Gasteiger partial charge in [0.1, 0.15) is 0 Å². The Morgan fingerprint density at radius 3 is 2.57 bits per heavy atom. The second kappa shape index (κ2) is 4.29. The quantitative estimate of drug-likeness (QED) is 0.734. The van der Waals surface area contributed by atoms with E-state index in [1.54, 1.807) is 0 Å². The number of rotatable bonds is 2. The summed E-state index contributed by atoms with van der Waals surface area (Å²) in [6.07, 6.45) is 1.90. The zero-order valence-corrected chi connectivity index (χ0v) is 9.99. The van der Waals surface area contributed by atoms with Gasteiger partial charge in [-0.15, -0.1) is 0 Å².